The van der Waals surface area contributed by atoms with Gasteiger partial charge in [0.25, 0.3) is 0 Å². The Morgan fingerprint density at radius 1 is 1.63 bits per heavy atom. The van der Waals surface area contributed by atoms with Crippen LogP contribution in [0, 0.1) is 0 Å². The number of hydrogen-bond donors (Lipinski definition) is 1. The summed E-state index contributed by atoms with van der Waals surface area (Å²) in [6, 6.07) is 2.22. The minimum atomic E-state index is 0.0272. The third-order valence-electron chi connectivity index (χ3n) is 3.61. The van der Waals surface area contributed by atoms with E-state index in [1.807, 2.05) is 18.0 Å². The highest BCUT2D eigenvalue weighted by Crippen LogP contribution is 2.25. The summed E-state index contributed by atoms with van der Waals surface area (Å²) in [5, 5.41) is 13.0. The van der Waals surface area contributed by atoms with E-state index in [0.717, 1.165) is 18.5 Å². The van der Waals surface area contributed by atoms with Gasteiger partial charge in [0.05, 0.1) is 5.69 Å². The van der Waals surface area contributed by atoms with Crippen molar-refractivity contribution in [3.05, 3.63) is 24.0 Å². The molecule has 1 amide bonds. The molecular weight excluding hydrogens is 242 g/mol. The third-order valence-corrected chi connectivity index (χ3v) is 3.61. The van der Waals surface area contributed by atoms with E-state index >= 15 is 0 Å². The molecule has 1 N–H and O–H groups in total. The molecule has 0 bridgehead atoms. The summed E-state index contributed by atoms with van der Waals surface area (Å²) >= 11 is 0. The molecule has 0 aliphatic heterocycles. The van der Waals surface area contributed by atoms with Crippen LogP contribution in [0.4, 0.5) is 0 Å². The number of hydrogen-bond acceptors (Lipinski definition) is 3. The average Bonchev–Trinajstić information content (AvgIpc) is 2.74. The Bertz CT molecular complexity index is 449. The summed E-state index contributed by atoms with van der Waals surface area (Å²) < 4.78 is 1.73. The first-order valence-electron chi connectivity index (χ1n) is 6.80. The lowest BCUT2D eigenvalue weighted by molar-refractivity contribution is -0.130. The summed E-state index contributed by atoms with van der Waals surface area (Å²) in [6.07, 6.45) is 9.10. The maximum absolute atomic E-state index is 12.2. The summed E-state index contributed by atoms with van der Waals surface area (Å²) in [7, 11) is 1.85. The zero-order valence-corrected chi connectivity index (χ0v) is 11.3. The van der Waals surface area contributed by atoms with Crippen molar-refractivity contribution in [2.45, 2.75) is 31.7 Å². The molecule has 0 unspecified atom stereocenters. The molecule has 1 heterocycles. The van der Waals surface area contributed by atoms with Crippen LogP contribution in [-0.4, -0.2) is 44.9 Å². The fourth-order valence-electron chi connectivity index (χ4n) is 2.21. The van der Waals surface area contributed by atoms with E-state index in [4.69, 9.17) is 5.11 Å². The Labute approximate surface area is 113 Å². The zero-order chi connectivity index (χ0) is 13.7. The van der Waals surface area contributed by atoms with Crippen molar-refractivity contribution in [2.75, 3.05) is 13.2 Å². The predicted octanol–water partition coefficient (Wildman–Crippen LogP) is 1.20. The Kier molecular flexibility index (Phi) is 4.74. The summed E-state index contributed by atoms with van der Waals surface area (Å²) in [5.74, 6) is 0.0272. The van der Waals surface area contributed by atoms with Crippen LogP contribution in [0.3, 0.4) is 0 Å². The predicted molar refractivity (Wildman–Crippen MR) is 73.3 cm³/mol. The van der Waals surface area contributed by atoms with Crippen LogP contribution in [0.2, 0.25) is 0 Å². The molecule has 2 rings (SSSR count). The number of carbonyl (C=O) groups is 1. The second-order valence-corrected chi connectivity index (χ2v) is 4.91. The van der Waals surface area contributed by atoms with Gasteiger partial charge >= 0.3 is 0 Å². The molecular formula is C14H21N3O2. The molecule has 5 nitrogen and oxygen atoms in total. The van der Waals surface area contributed by atoms with Gasteiger partial charge in [-0.25, -0.2) is 0 Å². The monoisotopic (exact) mass is 263 g/mol. The first-order valence-corrected chi connectivity index (χ1v) is 6.80. The first kappa shape index (κ1) is 13.8. The highest BCUT2D eigenvalue weighted by molar-refractivity contribution is 5.91. The van der Waals surface area contributed by atoms with Crippen molar-refractivity contribution in [3.63, 3.8) is 0 Å². The van der Waals surface area contributed by atoms with E-state index in [1.165, 1.54) is 6.42 Å². The van der Waals surface area contributed by atoms with Crippen molar-refractivity contribution in [2.24, 2.45) is 7.05 Å². The minimum Gasteiger partial charge on any atom is -0.396 e. The molecule has 104 valence electrons. The zero-order valence-electron chi connectivity index (χ0n) is 11.3. The number of aliphatic hydroxyl groups is 1. The average molecular weight is 263 g/mol. The van der Waals surface area contributed by atoms with Gasteiger partial charge in [0, 0.05) is 38.5 Å². The minimum absolute atomic E-state index is 0.0272. The summed E-state index contributed by atoms with van der Waals surface area (Å²) in [5.41, 5.74) is 0.907. The molecule has 0 atom stereocenters. The molecule has 5 heteroatoms. The van der Waals surface area contributed by atoms with Crippen LogP contribution in [0.5, 0.6) is 0 Å². The van der Waals surface area contributed by atoms with Gasteiger partial charge in [0.2, 0.25) is 5.91 Å². The van der Waals surface area contributed by atoms with Gasteiger partial charge in [0.15, 0.2) is 0 Å². The maximum atomic E-state index is 12.2. The van der Waals surface area contributed by atoms with Crippen LogP contribution in [0.1, 0.15) is 31.4 Å². The highest BCUT2D eigenvalue weighted by atomic mass is 16.3. The van der Waals surface area contributed by atoms with E-state index in [1.54, 1.807) is 23.0 Å². The quantitative estimate of drug-likeness (QED) is 0.784. The van der Waals surface area contributed by atoms with Crippen LogP contribution < -0.4 is 0 Å². The number of aliphatic hydroxyl groups excluding tert-OH is 1. The van der Waals surface area contributed by atoms with Crippen molar-refractivity contribution < 1.29 is 9.90 Å². The lowest BCUT2D eigenvalue weighted by Gasteiger charge is -2.37. The molecule has 1 aliphatic carbocycles. The van der Waals surface area contributed by atoms with E-state index in [-0.39, 0.29) is 12.5 Å². The standard InChI is InChI=1S/C14H21N3O2/c1-16-12(8-9-15-16)6-7-14(19)17(10-3-11-18)13-4-2-5-13/h6-9,13,18H,2-5,10-11H2,1H3/b7-6+. The number of nitrogens with zero attached hydrogens (tertiary/aromatic N) is 3. The number of aromatic nitrogens is 2. The Balaban J connectivity index is 1.98. The van der Waals surface area contributed by atoms with Gasteiger partial charge in [-0.2, -0.15) is 5.10 Å². The molecule has 1 aromatic rings. The Morgan fingerprint density at radius 2 is 2.42 bits per heavy atom. The molecule has 0 radical (unpaired) electrons. The van der Waals surface area contributed by atoms with E-state index < -0.39 is 0 Å². The molecule has 1 fully saturated rings. The van der Waals surface area contributed by atoms with Gasteiger partial charge in [-0.15, -0.1) is 0 Å². The van der Waals surface area contributed by atoms with Crippen molar-refractivity contribution >= 4 is 12.0 Å². The number of aryl methyl sites for hydroxylation is 1. The SMILES string of the molecule is Cn1nccc1/C=C/C(=O)N(CCCO)C1CCC1. The van der Waals surface area contributed by atoms with E-state index in [0.29, 0.717) is 19.0 Å². The van der Waals surface area contributed by atoms with Crippen LogP contribution in [0.15, 0.2) is 18.3 Å². The van der Waals surface area contributed by atoms with E-state index in [9.17, 15) is 4.79 Å². The molecule has 1 saturated carbocycles. The highest BCUT2D eigenvalue weighted by Gasteiger charge is 2.26. The first-order chi connectivity index (χ1) is 9.22. The Hall–Kier alpha value is -1.62. The molecule has 0 saturated heterocycles. The molecule has 1 aromatic heterocycles. The van der Waals surface area contributed by atoms with Crippen molar-refractivity contribution in [1.29, 1.82) is 0 Å². The van der Waals surface area contributed by atoms with Crippen LogP contribution in [-0.2, 0) is 11.8 Å². The molecule has 0 aromatic carbocycles. The Morgan fingerprint density at radius 3 is 2.95 bits per heavy atom. The van der Waals surface area contributed by atoms with Crippen LogP contribution >= 0.6 is 0 Å². The van der Waals surface area contributed by atoms with Crippen LogP contribution in [0.25, 0.3) is 6.08 Å². The number of rotatable bonds is 6. The second-order valence-electron chi connectivity index (χ2n) is 4.91. The van der Waals surface area contributed by atoms with E-state index in [2.05, 4.69) is 5.10 Å². The number of amides is 1. The fraction of sp³-hybridized carbons (Fsp3) is 0.571. The van der Waals surface area contributed by atoms with Crippen molar-refractivity contribution in [3.8, 4) is 0 Å². The number of carbonyl (C=O) groups excluding carboxylic acids is 1. The van der Waals surface area contributed by atoms with Gasteiger partial charge in [0.1, 0.15) is 0 Å². The lowest BCUT2D eigenvalue weighted by atomic mass is 9.91. The lowest BCUT2D eigenvalue weighted by Crippen LogP contribution is -2.44. The molecule has 19 heavy (non-hydrogen) atoms. The normalized spacial score (nSPS) is 15.7. The van der Waals surface area contributed by atoms with Gasteiger partial charge in [-0.1, -0.05) is 0 Å². The topological polar surface area (TPSA) is 58.4 Å². The fourth-order valence-corrected chi connectivity index (χ4v) is 2.21. The summed E-state index contributed by atoms with van der Waals surface area (Å²) in [4.78, 5) is 14.1. The smallest absolute Gasteiger partial charge is 0.246 e. The largest absolute Gasteiger partial charge is 0.396 e. The maximum Gasteiger partial charge on any atom is 0.246 e. The van der Waals surface area contributed by atoms with Crippen molar-refractivity contribution in [1.82, 2.24) is 14.7 Å². The molecule has 0 spiro atoms. The van der Waals surface area contributed by atoms with Gasteiger partial charge in [-0.05, 0) is 37.8 Å². The van der Waals surface area contributed by atoms with Gasteiger partial charge < -0.3 is 10.0 Å². The third kappa shape index (κ3) is 3.44. The second kappa shape index (κ2) is 6.52. The van der Waals surface area contributed by atoms with Gasteiger partial charge in [-0.3, -0.25) is 9.48 Å². The summed E-state index contributed by atoms with van der Waals surface area (Å²) in [6.45, 7) is 0.762. The molecule has 1 aliphatic rings.